The van der Waals surface area contributed by atoms with Gasteiger partial charge in [-0.1, -0.05) is 34.1 Å². The molecular weight excluding hydrogens is 342 g/mol. The standard InChI is InChI=1S/C18H18BrNO2/c1-20-7-6-10-4-3-5-11-16(10)14(20)8-12-13(19)9-15(22-2)18(21)17(11)12/h3-5,9,14,21H,6-8H2,1-2H3. The Morgan fingerprint density at radius 3 is 2.95 bits per heavy atom. The number of hydrogen-bond donors (Lipinski definition) is 1. The van der Waals surface area contributed by atoms with Gasteiger partial charge in [0.1, 0.15) is 0 Å². The fraction of sp³-hybridized carbons (Fsp3) is 0.333. The van der Waals surface area contributed by atoms with Crippen molar-refractivity contribution in [3.05, 3.63) is 45.4 Å². The first-order valence-electron chi connectivity index (χ1n) is 7.52. The summed E-state index contributed by atoms with van der Waals surface area (Å²) >= 11 is 3.66. The second-order valence-corrected chi connectivity index (χ2v) is 6.95. The van der Waals surface area contributed by atoms with Crippen LogP contribution < -0.4 is 4.74 Å². The predicted molar refractivity (Wildman–Crippen MR) is 90.6 cm³/mol. The number of aromatic hydroxyl groups is 1. The van der Waals surface area contributed by atoms with Gasteiger partial charge in [0.2, 0.25) is 0 Å². The molecule has 22 heavy (non-hydrogen) atoms. The van der Waals surface area contributed by atoms with Crippen molar-refractivity contribution < 1.29 is 9.84 Å². The molecular formula is C18H18BrNO2. The minimum atomic E-state index is 0.251. The fourth-order valence-electron chi connectivity index (χ4n) is 3.87. The Labute approximate surface area is 138 Å². The number of nitrogens with zero attached hydrogens (tertiary/aromatic N) is 1. The molecule has 2 aliphatic rings. The van der Waals surface area contributed by atoms with Crippen molar-refractivity contribution in [1.29, 1.82) is 0 Å². The summed E-state index contributed by atoms with van der Waals surface area (Å²) in [6.07, 6.45) is 1.98. The lowest BCUT2D eigenvalue weighted by molar-refractivity contribution is 0.227. The molecule has 4 rings (SSSR count). The third kappa shape index (κ3) is 1.83. The Hall–Kier alpha value is -1.52. The molecule has 0 amide bonds. The molecule has 0 saturated carbocycles. The zero-order chi connectivity index (χ0) is 15.4. The molecule has 1 N–H and O–H groups in total. The van der Waals surface area contributed by atoms with Crippen molar-refractivity contribution in [3.8, 4) is 22.6 Å². The molecule has 2 aromatic carbocycles. The van der Waals surface area contributed by atoms with Gasteiger partial charge in [0, 0.05) is 22.6 Å². The number of fused-ring (bicyclic) bond motifs is 2. The van der Waals surface area contributed by atoms with E-state index in [1.807, 2.05) is 6.07 Å². The van der Waals surface area contributed by atoms with Crippen LogP contribution in [0.2, 0.25) is 0 Å². The normalized spacial score (nSPS) is 19.5. The first-order chi connectivity index (χ1) is 10.6. The molecule has 0 radical (unpaired) electrons. The molecule has 1 aliphatic carbocycles. The highest BCUT2D eigenvalue weighted by molar-refractivity contribution is 9.10. The van der Waals surface area contributed by atoms with Gasteiger partial charge < -0.3 is 9.84 Å². The Morgan fingerprint density at radius 1 is 1.36 bits per heavy atom. The van der Waals surface area contributed by atoms with Gasteiger partial charge in [-0.25, -0.2) is 0 Å². The second-order valence-electron chi connectivity index (χ2n) is 6.09. The van der Waals surface area contributed by atoms with Gasteiger partial charge in [-0.05, 0) is 48.2 Å². The van der Waals surface area contributed by atoms with E-state index in [-0.39, 0.29) is 5.75 Å². The van der Waals surface area contributed by atoms with Crippen LogP contribution in [0.1, 0.15) is 22.7 Å². The molecule has 2 aromatic rings. The number of likely N-dealkylation sites (N-methyl/N-ethyl adjacent to an activating group) is 1. The summed E-state index contributed by atoms with van der Waals surface area (Å²) in [7, 11) is 3.78. The number of ether oxygens (including phenoxy) is 1. The largest absolute Gasteiger partial charge is 0.504 e. The first kappa shape index (κ1) is 14.1. The van der Waals surface area contributed by atoms with Crippen LogP contribution in [0, 0.1) is 0 Å². The maximum atomic E-state index is 10.7. The second kappa shape index (κ2) is 5.00. The summed E-state index contributed by atoms with van der Waals surface area (Å²) < 4.78 is 6.34. The van der Waals surface area contributed by atoms with E-state index < -0.39 is 0 Å². The molecule has 1 heterocycles. The average molecular weight is 360 g/mol. The molecule has 0 saturated heterocycles. The SMILES string of the molecule is COc1cc(Br)c2c(c1O)-c1cccc3c1C(C2)N(C)CC3. The van der Waals surface area contributed by atoms with Crippen LogP contribution in [-0.2, 0) is 12.8 Å². The number of hydrogen-bond acceptors (Lipinski definition) is 3. The molecule has 0 spiro atoms. The van der Waals surface area contributed by atoms with Crippen molar-refractivity contribution in [3.63, 3.8) is 0 Å². The minimum absolute atomic E-state index is 0.251. The van der Waals surface area contributed by atoms with Gasteiger partial charge in [-0.15, -0.1) is 0 Å². The van der Waals surface area contributed by atoms with Gasteiger partial charge in [0.25, 0.3) is 0 Å². The van der Waals surface area contributed by atoms with Crippen molar-refractivity contribution in [2.24, 2.45) is 0 Å². The minimum Gasteiger partial charge on any atom is -0.504 e. The monoisotopic (exact) mass is 359 g/mol. The zero-order valence-corrected chi connectivity index (χ0v) is 14.3. The van der Waals surface area contributed by atoms with E-state index in [4.69, 9.17) is 4.74 Å². The van der Waals surface area contributed by atoms with Crippen LogP contribution in [0.4, 0.5) is 0 Å². The first-order valence-corrected chi connectivity index (χ1v) is 8.31. The van der Waals surface area contributed by atoms with E-state index >= 15 is 0 Å². The van der Waals surface area contributed by atoms with E-state index in [1.54, 1.807) is 7.11 Å². The molecule has 1 atom stereocenters. The Balaban J connectivity index is 2.06. The van der Waals surface area contributed by atoms with E-state index in [0.717, 1.165) is 35.0 Å². The van der Waals surface area contributed by atoms with Gasteiger partial charge in [0.05, 0.1) is 7.11 Å². The van der Waals surface area contributed by atoms with Crippen molar-refractivity contribution in [2.75, 3.05) is 20.7 Å². The summed E-state index contributed by atoms with van der Waals surface area (Å²) in [5, 5.41) is 10.7. The summed E-state index contributed by atoms with van der Waals surface area (Å²) in [4.78, 5) is 2.42. The summed E-state index contributed by atoms with van der Waals surface area (Å²) in [5.41, 5.74) is 6.02. The highest BCUT2D eigenvalue weighted by Crippen LogP contribution is 2.52. The Morgan fingerprint density at radius 2 is 2.18 bits per heavy atom. The smallest absolute Gasteiger partial charge is 0.166 e. The van der Waals surface area contributed by atoms with E-state index in [2.05, 4.69) is 46.1 Å². The van der Waals surface area contributed by atoms with Crippen LogP contribution in [0.15, 0.2) is 28.7 Å². The van der Waals surface area contributed by atoms with Crippen LogP contribution in [-0.4, -0.2) is 30.7 Å². The van der Waals surface area contributed by atoms with Gasteiger partial charge in [-0.3, -0.25) is 4.90 Å². The molecule has 1 aliphatic heterocycles. The zero-order valence-electron chi connectivity index (χ0n) is 12.7. The molecule has 4 heteroatoms. The average Bonchev–Trinajstić information content (AvgIpc) is 2.53. The summed E-state index contributed by atoms with van der Waals surface area (Å²) in [5.74, 6) is 0.770. The van der Waals surface area contributed by atoms with Crippen LogP contribution in [0.3, 0.4) is 0 Å². The van der Waals surface area contributed by atoms with Crippen molar-refractivity contribution in [1.82, 2.24) is 4.90 Å². The lowest BCUT2D eigenvalue weighted by atomic mass is 9.77. The number of phenolic OH excluding ortho intramolecular Hbond substituents is 1. The van der Waals surface area contributed by atoms with E-state index in [9.17, 15) is 5.11 Å². The Kier molecular flexibility index (Phi) is 3.20. The molecule has 3 nitrogen and oxygen atoms in total. The molecule has 1 unspecified atom stereocenters. The molecule has 0 aromatic heterocycles. The molecule has 114 valence electrons. The van der Waals surface area contributed by atoms with Crippen molar-refractivity contribution >= 4 is 15.9 Å². The number of halogens is 1. The third-order valence-corrected chi connectivity index (χ3v) is 5.71. The maximum absolute atomic E-state index is 10.7. The number of rotatable bonds is 1. The maximum Gasteiger partial charge on any atom is 0.166 e. The number of benzene rings is 2. The third-order valence-electron chi connectivity index (χ3n) is 5.00. The highest BCUT2D eigenvalue weighted by Gasteiger charge is 2.35. The van der Waals surface area contributed by atoms with E-state index in [1.165, 1.54) is 16.7 Å². The summed E-state index contributed by atoms with van der Waals surface area (Å²) in [6, 6.07) is 8.69. The predicted octanol–water partition coefficient (Wildman–Crippen LogP) is 3.92. The number of methoxy groups -OCH3 is 1. The quantitative estimate of drug-likeness (QED) is 0.837. The molecule has 0 bridgehead atoms. The lowest BCUT2D eigenvalue weighted by Gasteiger charge is -2.40. The fourth-order valence-corrected chi connectivity index (χ4v) is 4.44. The topological polar surface area (TPSA) is 32.7 Å². The molecule has 0 fully saturated rings. The van der Waals surface area contributed by atoms with Crippen LogP contribution >= 0.6 is 15.9 Å². The van der Waals surface area contributed by atoms with Crippen molar-refractivity contribution in [2.45, 2.75) is 18.9 Å². The van der Waals surface area contributed by atoms with Crippen LogP contribution in [0.25, 0.3) is 11.1 Å². The highest BCUT2D eigenvalue weighted by atomic mass is 79.9. The van der Waals surface area contributed by atoms with Gasteiger partial charge in [0.15, 0.2) is 11.5 Å². The van der Waals surface area contributed by atoms with Gasteiger partial charge in [-0.2, -0.15) is 0 Å². The summed E-state index contributed by atoms with van der Waals surface area (Å²) in [6.45, 7) is 1.08. The lowest BCUT2D eigenvalue weighted by Crippen LogP contribution is -2.35. The van der Waals surface area contributed by atoms with E-state index in [0.29, 0.717) is 11.8 Å². The van der Waals surface area contributed by atoms with Crippen LogP contribution in [0.5, 0.6) is 11.5 Å². The Bertz CT molecular complexity index is 772. The van der Waals surface area contributed by atoms with Gasteiger partial charge >= 0.3 is 0 Å². The number of phenols is 1.